The summed E-state index contributed by atoms with van der Waals surface area (Å²) in [6, 6.07) is 6.32. The normalized spacial score (nSPS) is 28.5. The number of ether oxygens (including phenoxy) is 1. The zero-order valence-electron chi connectivity index (χ0n) is 19.6. The summed E-state index contributed by atoms with van der Waals surface area (Å²) in [5, 5.41) is 14.0. The van der Waals surface area contributed by atoms with Gasteiger partial charge >= 0.3 is 6.09 Å². The number of methoxy groups -OCH3 is 1. The van der Waals surface area contributed by atoms with Crippen molar-refractivity contribution in [1.29, 1.82) is 0 Å². The summed E-state index contributed by atoms with van der Waals surface area (Å²) in [5.41, 5.74) is 3.63. The number of carbonyl (C=O) groups excluding carboxylic acids is 1. The molecular formula is C25H28N4O5. The molecule has 2 saturated carbocycles. The van der Waals surface area contributed by atoms with Crippen LogP contribution in [0, 0.1) is 19.8 Å². The molecule has 2 atom stereocenters. The van der Waals surface area contributed by atoms with Crippen LogP contribution in [0.4, 0.5) is 4.79 Å². The predicted molar refractivity (Wildman–Crippen MR) is 122 cm³/mol. The average molecular weight is 465 g/mol. The highest BCUT2D eigenvalue weighted by atomic mass is 16.5. The number of nitrogens with zero attached hydrogens (tertiary/aromatic N) is 4. The molecule has 9 heteroatoms. The number of fused-ring (bicyclic) bond motifs is 2. The fourth-order valence-electron chi connectivity index (χ4n) is 6.37. The molecule has 3 aromatic rings. The minimum atomic E-state index is -1.19. The van der Waals surface area contributed by atoms with Crippen molar-refractivity contribution in [3.05, 3.63) is 35.5 Å². The van der Waals surface area contributed by atoms with E-state index in [2.05, 4.69) is 21.9 Å². The molecule has 3 aliphatic rings. The fourth-order valence-corrected chi connectivity index (χ4v) is 6.37. The van der Waals surface area contributed by atoms with Crippen molar-refractivity contribution in [2.75, 3.05) is 7.11 Å². The van der Waals surface area contributed by atoms with Gasteiger partial charge in [-0.3, -0.25) is 4.79 Å². The van der Waals surface area contributed by atoms with E-state index in [1.165, 1.54) is 0 Å². The zero-order valence-corrected chi connectivity index (χ0v) is 19.6. The van der Waals surface area contributed by atoms with E-state index in [0.29, 0.717) is 12.2 Å². The van der Waals surface area contributed by atoms with Crippen LogP contribution in [-0.4, -0.2) is 49.9 Å². The monoisotopic (exact) mass is 464 g/mol. The van der Waals surface area contributed by atoms with Crippen LogP contribution in [0.15, 0.2) is 22.7 Å². The molecule has 0 bridgehead atoms. The Balaban J connectivity index is 1.52. The van der Waals surface area contributed by atoms with Crippen LogP contribution in [-0.2, 0) is 15.1 Å². The number of hydrogen-bond donors (Lipinski definition) is 1. The van der Waals surface area contributed by atoms with Crippen molar-refractivity contribution >= 4 is 23.0 Å². The molecule has 1 aromatic carbocycles. The molecule has 3 fully saturated rings. The molecule has 2 amide bonds. The van der Waals surface area contributed by atoms with Crippen LogP contribution in [0.1, 0.15) is 61.8 Å². The standard InChI is InChI=1S/C25H28N4O5/c1-13-22(14(2)34-27-13)15-4-9-20-19(10-15)26-23(28(20)17-5-7-18(33-3)8-6-17)25-12-16(25)11-21(30)29(25)24(31)32/h4,9-10,16-18H,5-8,11-12H2,1-3H3,(H,31,32). The maximum Gasteiger partial charge on any atom is 0.414 e. The Morgan fingerprint density at radius 2 is 2.00 bits per heavy atom. The lowest BCUT2D eigenvalue weighted by Gasteiger charge is -2.32. The first-order valence-corrected chi connectivity index (χ1v) is 11.9. The van der Waals surface area contributed by atoms with Crippen LogP contribution in [0.25, 0.3) is 22.2 Å². The molecule has 178 valence electrons. The van der Waals surface area contributed by atoms with E-state index < -0.39 is 11.6 Å². The number of carboxylic acid groups (broad SMARTS) is 1. The van der Waals surface area contributed by atoms with Gasteiger partial charge in [-0.05, 0) is 63.6 Å². The molecule has 0 radical (unpaired) electrons. The Kier molecular flexibility index (Phi) is 4.64. The van der Waals surface area contributed by atoms with Gasteiger partial charge in [-0.15, -0.1) is 0 Å². The predicted octanol–water partition coefficient (Wildman–Crippen LogP) is 4.56. The van der Waals surface area contributed by atoms with Crippen LogP contribution < -0.4 is 0 Å². The van der Waals surface area contributed by atoms with Crippen molar-refractivity contribution in [3.8, 4) is 11.1 Å². The minimum absolute atomic E-state index is 0.0102. The maximum atomic E-state index is 12.6. The molecule has 2 unspecified atom stereocenters. The second kappa shape index (κ2) is 7.40. The van der Waals surface area contributed by atoms with Gasteiger partial charge in [0.1, 0.15) is 17.1 Å². The van der Waals surface area contributed by atoms with Crippen molar-refractivity contribution in [3.63, 3.8) is 0 Å². The number of likely N-dealkylation sites (tertiary alicyclic amines) is 1. The molecule has 1 N–H and O–H groups in total. The van der Waals surface area contributed by atoms with Gasteiger partial charge in [-0.1, -0.05) is 11.2 Å². The van der Waals surface area contributed by atoms with E-state index in [4.69, 9.17) is 14.2 Å². The molecule has 3 heterocycles. The van der Waals surface area contributed by atoms with E-state index in [0.717, 1.165) is 64.2 Å². The van der Waals surface area contributed by atoms with Gasteiger partial charge in [0, 0.05) is 31.1 Å². The van der Waals surface area contributed by atoms with Gasteiger partial charge in [0.05, 0.1) is 22.8 Å². The molecule has 9 nitrogen and oxygen atoms in total. The second-order valence-electron chi connectivity index (χ2n) is 9.92. The van der Waals surface area contributed by atoms with Crippen molar-refractivity contribution in [2.24, 2.45) is 5.92 Å². The first kappa shape index (κ1) is 21.3. The summed E-state index contributed by atoms with van der Waals surface area (Å²) >= 11 is 0. The van der Waals surface area contributed by atoms with E-state index >= 15 is 0 Å². The Labute approximate surface area is 196 Å². The Hall–Kier alpha value is -3.20. The third-order valence-electron chi connectivity index (χ3n) is 8.07. The highest BCUT2D eigenvalue weighted by molar-refractivity contribution is 5.96. The Morgan fingerprint density at radius 1 is 1.24 bits per heavy atom. The zero-order chi connectivity index (χ0) is 23.8. The highest BCUT2D eigenvalue weighted by Gasteiger charge is 2.71. The van der Waals surface area contributed by atoms with Gasteiger partial charge in [0.2, 0.25) is 5.91 Å². The van der Waals surface area contributed by atoms with Crippen molar-refractivity contribution < 1.29 is 24.0 Å². The maximum absolute atomic E-state index is 12.6. The number of hydrogen-bond acceptors (Lipinski definition) is 6. The number of aryl methyl sites for hydroxylation is 2. The van der Waals surface area contributed by atoms with Gasteiger partial charge < -0.3 is 18.9 Å². The molecule has 2 aliphatic carbocycles. The Morgan fingerprint density at radius 3 is 2.65 bits per heavy atom. The molecule has 34 heavy (non-hydrogen) atoms. The molecule has 6 rings (SSSR count). The summed E-state index contributed by atoms with van der Waals surface area (Å²) in [5.74, 6) is 1.11. The number of benzene rings is 1. The first-order valence-electron chi connectivity index (χ1n) is 11.9. The number of imidazole rings is 1. The lowest BCUT2D eigenvalue weighted by molar-refractivity contribution is -0.129. The van der Waals surface area contributed by atoms with Gasteiger partial charge in [-0.2, -0.15) is 0 Å². The average Bonchev–Trinajstić information content (AvgIpc) is 3.09. The summed E-state index contributed by atoms with van der Waals surface area (Å²) in [6.07, 6.45) is 3.67. The SMILES string of the molecule is COC1CCC(n2c(C34CC3CC(=O)N4C(=O)O)nc3cc(-c4c(C)noc4C)ccc32)CC1. The number of piperidine rings is 1. The number of amides is 2. The first-order chi connectivity index (χ1) is 16.3. The van der Waals surface area contributed by atoms with Crippen LogP contribution in [0.5, 0.6) is 0 Å². The fraction of sp³-hybridized carbons (Fsp3) is 0.520. The molecule has 0 spiro atoms. The lowest BCUT2D eigenvalue weighted by atomic mass is 9.92. The number of carbonyl (C=O) groups is 2. The second-order valence-corrected chi connectivity index (χ2v) is 9.92. The van der Waals surface area contributed by atoms with E-state index in [1.54, 1.807) is 7.11 Å². The molecule has 2 aromatic heterocycles. The topological polar surface area (TPSA) is 111 Å². The summed E-state index contributed by atoms with van der Waals surface area (Å²) in [4.78, 5) is 30.8. The number of aromatic nitrogens is 3. The largest absolute Gasteiger partial charge is 0.465 e. The molecule has 1 saturated heterocycles. The van der Waals surface area contributed by atoms with Crippen LogP contribution in [0.3, 0.4) is 0 Å². The van der Waals surface area contributed by atoms with Gasteiger partial charge in [-0.25, -0.2) is 14.7 Å². The minimum Gasteiger partial charge on any atom is -0.465 e. The molecule has 1 aliphatic heterocycles. The van der Waals surface area contributed by atoms with Crippen LogP contribution >= 0.6 is 0 Å². The third kappa shape index (κ3) is 2.89. The smallest absolute Gasteiger partial charge is 0.414 e. The summed E-state index contributed by atoms with van der Waals surface area (Å²) < 4.78 is 13.2. The van der Waals surface area contributed by atoms with Gasteiger partial charge in [0.25, 0.3) is 0 Å². The van der Waals surface area contributed by atoms with E-state index in [-0.39, 0.29) is 30.4 Å². The third-order valence-corrected chi connectivity index (χ3v) is 8.07. The summed E-state index contributed by atoms with van der Waals surface area (Å²) in [6.45, 7) is 3.80. The van der Waals surface area contributed by atoms with Gasteiger partial charge in [0.15, 0.2) is 0 Å². The summed E-state index contributed by atoms with van der Waals surface area (Å²) in [7, 11) is 1.75. The van der Waals surface area contributed by atoms with E-state index in [1.807, 2.05) is 19.9 Å². The van der Waals surface area contributed by atoms with E-state index in [9.17, 15) is 14.7 Å². The molecular weight excluding hydrogens is 436 g/mol. The number of rotatable bonds is 4. The van der Waals surface area contributed by atoms with Crippen molar-refractivity contribution in [1.82, 2.24) is 19.6 Å². The number of imide groups is 1. The van der Waals surface area contributed by atoms with Crippen molar-refractivity contribution in [2.45, 2.75) is 70.1 Å². The highest BCUT2D eigenvalue weighted by Crippen LogP contribution is 2.63. The quantitative estimate of drug-likeness (QED) is 0.602. The van der Waals surface area contributed by atoms with Crippen LogP contribution in [0.2, 0.25) is 0 Å². The Bertz CT molecular complexity index is 1300. The lowest BCUT2D eigenvalue weighted by Crippen LogP contribution is -2.42.